The van der Waals surface area contributed by atoms with Gasteiger partial charge >= 0.3 is 0 Å². The molecule has 11 rings (SSSR count). The molecule has 0 atom stereocenters. The fraction of sp³-hybridized carbons (Fsp3) is 0.0328. The summed E-state index contributed by atoms with van der Waals surface area (Å²) in [5.41, 5.74) is 17.2. The fourth-order valence-electron chi connectivity index (χ4n) is 10.3. The summed E-state index contributed by atoms with van der Waals surface area (Å²) in [5.74, 6) is 0. The van der Waals surface area contributed by atoms with Crippen molar-refractivity contribution in [2.75, 3.05) is 4.90 Å². The highest BCUT2D eigenvalue weighted by molar-refractivity contribution is 6.13. The van der Waals surface area contributed by atoms with Gasteiger partial charge in [0.2, 0.25) is 0 Å². The van der Waals surface area contributed by atoms with Crippen molar-refractivity contribution in [1.82, 2.24) is 0 Å². The third kappa shape index (κ3) is 5.93. The Morgan fingerprint density at radius 1 is 0.556 bits per heavy atom. The Balaban J connectivity index is 1.19. The van der Waals surface area contributed by atoms with E-state index in [0.29, 0.717) is 5.56 Å². The van der Waals surface area contributed by atoms with Crippen molar-refractivity contribution >= 4 is 50.3 Å². The smallest absolute Gasteiger partial charge is 0.0991 e. The highest BCUT2D eigenvalue weighted by atomic mass is 15.2. The van der Waals surface area contributed by atoms with Gasteiger partial charge in [-0.1, -0.05) is 176 Å². The molecule has 0 fully saturated rings. The topological polar surface area (TPSA) is 27.0 Å². The largest absolute Gasteiger partial charge is 0.310 e. The van der Waals surface area contributed by atoms with Crippen LogP contribution in [0.4, 0.5) is 17.1 Å². The highest BCUT2D eigenvalue weighted by Crippen LogP contribution is 2.64. The Labute approximate surface area is 369 Å². The molecule has 0 amide bonds. The molecule has 1 aliphatic carbocycles. The molecule has 9 aromatic carbocycles. The zero-order chi connectivity index (χ0) is 42.5. The van der Waals surface area contributed by atoms with Crippen LogP contribution in [-0.4, -0.2) is 0 Å². The van der Waals surface area contributed by atoms with Crippen LogP contribution in [0, 0.1) is 11.3 Å². The molecule has 0 radical (unpaired) electrons. The summed E-state index contributed by atoms with van der Waals surface area (Å²) in [6.07, 6.45) is 12.4. The average molecular weight is 803 g/mol. The zero-order valence-corrected chi connectivity index (χ0v) is 35.0. The molecule has 296 valence electrons. The summed E-state index contributed by atoms with van der Waals surface area (Å²) in [4.78, 5) is 2.37. The van der Waals surface area contributed by atoms with Crippen LogP contribution in [0.25, 0.3) is 55.4 Å². The molecule has 0 N–H and O–H groups in total. The molecule has 0 saturated carbocycles. The average Bonchev–Trinajstić information content (AvgIpc) is 3.62. The molecule has 0 bridgehead atoms. The van der Waals surface area contributed by atoms with Crippen LogP contribution >= 0.6 is 0 Å². The minimum atomic E-state index is -0.690. The fourth-order valence-corrected chi connectivity index (χ4v) is 10.3. The molecular formula is C61H42N2. The van der Waals surface area contributed by atoms with Crippen LogP contribution in [0.1, 0.15) is 51.4 Å². The van der Waals surface area contributed by atoms with Crippen molar-refractivity contribution in [2.24, 2.45) is 0 Å². The van der Waals surface area contributed by atoms with E-state index in [-0.39, 0.29) is 0 Å². The molecule has 1 spiro atoms. The summed E-state index contributed by atoms with van der Waals surface area (Å²) in [5, 5.41) is 14.7. The number of rotatable bonds is 7. The monoisotopic (exact) mass is 802 g/mol. The van der Waals surface area contributed by atoms with Gasteiger partial charge in [-0.05, 0) is 150 Å². The van der Waals surface area contributed by atoms with Crippen LogP contribution < -0.4 is 4.90 Å². The molecule has 9 aromatic rings. The molecule has 1 heterocycles. The molecule has 2 nitrogen and oxygen atoms in total. The lowest BCUT2D eigenvalue weighted by Gasteiger charge is -2.45. The normalized spacial score (nSPS) is 13.4. The van der Waals surface area contributed by atoms with Gasteiger partial charge in [-0.3, -0.25) is 0 Å². The van der Waals surface area contributed by atoms with Crippen molar-refractivity contribution in [3.63, 3.8) is 0 Å². The Morgan fingerprint density at radius 2 is 1.14 bits per heavy atom. The second kappa shape index (κ2) is 15.3. The predicted octanol–water partition coefficient (Wildman–Crippen LogP) is 15.9. The summed E-state index contributed by atoms with van der Waals surface area (Å²) >= 11 is 0. The van der Waals surface area contributed by atoms with Gasteiger partial charge in [0.15, 0.2) is 0 Å². The van der Waals surface area contributed by atoms with Gasteiger partial charge in [0.05, 0.1) is 28.4 Å². The third-order valence-corrected chi connectivity index (χ3v) is 13.0. The van der Waals surface area contributed by atoms with E-state index in [1.165, 1.54) is 66.1 Å². The van der Waals surface area contributed by atoms with Crippen LogP contribution in [0.3, 0.4) is 0 Å². The number of allylic oxidation sites excluding steroid dienone is 5. The molecule has 63 heavy (non-hydrogen) atoms. The highest BCUT2D eigenvalue weighted by Gasteiger charge is 2.52. The molecule has 2 aliphatic rings. The maximum atomic E-state index is 9.74. The van der Waals surface area contributed by atoms with Crippen LogP contribution in [-0.2, 0) is 5.41 Å². The first-order chi connectivity index (χ1) is 31.1. The standard InChI is InChI=1S/C61H42N2/c1-3-4-5-6-7-18-43-19-8-11-22-49(43)41(2)44-31-35-52-53-36-32-47(60-50-23-12-9-20-45(50)37-46-21-10-13-24-51(46)60)39-57(53)61(56(52)38-44)54-25-14-16-27-58(54)63(59-28-17-15-26-55(59)61)48-33-29-42(40-62)30-34-48/h3-39H,2H2,1H3/b4-3-,6-5-,18-7+. The molecule has 0 unspecified atom stereocenters. The van der Waals surface area contributed by atoms with E-state index in [4.69, 9.17) is 6.58 Å². The number of hydrogen-bond acceptors (Lipinski definition) is 2. The van der Waals surface area contributed by atoms with E-state index < -0.39 is 5.41 Å². The van der Waals surface area contributed by atoms with Crippen molar-refractivity contribution in [2.45, 2.75) is 12.3 Å². The number of benzene rings is 9. The van der Waals surface area contributed by atoms with Crippen LogP contribution in [0.5, 0.6) is 0 Å². The SMILES string of the molecule is C=C(c1ccc2c(c1)C1(c3cc(-c4c5ccccc5cc5ccccc45)ccc3-2)c2ccccc2N(c2ccc(C#N)cc2)c2ccccc21)c1ccccc1/C=C/C=C\C=C/C. The Bertz CT molecular complexity index is 3340. The van der Waals surface area contributed by atoms with Crippen LogP contribution in [0.15, 0.2) is 225 Å². The van der Waals surface area contributed by atoms with Gasteiger partial charge in [-0.15, -0.1) is 0 Å². The second-order valence-electron chi connectivity index (χ2n) is 16.3. The van der Waals surface area contributed by atoms with Crippen molar-refractivity contribution in [1.29, 1.82) is 5.26 Å². The lowest BCUT2D eigenvalue weighted by atomic mass is 9.64. The van der Waals surface area contributed by atoms with Gasteiger partial charge in [0.25, 0.3) is 0 Å². The van der Waals surface area contributed by atoms with E-state index in [1.54, 1.807) is 0 Å². The third-order valence-electron chi connectivity index (χ3n) is 13.0. The van der Waals surface area contributed by atoms with Gasteiger partial charge in [0, 0.05) is 5.69 Å². The number of nitriles is 1. The molecule has 0 saturated heterocycles. The molecular weight excluding hydrogens is 761 g/mol. The summed E-state index contributed by atoms with van der Waals surface area (Å²) in [7, 11) is 0. The van der Waals surface area contributed by atoms with E-state index in [1.807, 2.05) is 37.3 Å². The van der Waals surface area contributed by atoms with Gasteiger partial charge in [0.1, 0.15) is 0 Å². The van der Waals surface area contributed by atoms with E-state index in [9.17, 15) is 5.26 Å². The summed E-state index contributed by atoms with van der Waals surface area (Å²) in [6.45, 7) is 6.82. The molecule has 0 aromatic heterocycles. The Kier molecular flexibility index (Phi) is 9.18. The van der Waals surface area contributed by atoms with E-state index in [2.05, 4.69) is 205 Å². The van der Waals surface area contributed by atoms with Gasteiger partial charge in [-0.25, -0.2) is 0 Å². The maximum Gasteiger partial charge on any atom is 0.0991 e. The van der Waals surface area contributed by atoms with Gasteiger partial charge < -0.3 is 4.90 Å². The first-order valence-electron chi connectivity index (χ1n) is 21.5. The second-order valence-corrected chi connectivity index (χ2v) is 16.3. The quantitative estimate of drug-likeness (QED) is 0.119. The Morgan fingerprint density at radius 3 is 1.83 bits per heavy atom. The lowest BCUT2D eigenvalue weighted by Crippen LogP contribution is -2.36. The zero-order valence-electron chi connectivity index (χ0n) is 35.0. The first-order valence-corrected chi connectivity index (χ1v) is 21.5. The number of hydrogen-bond donors (Lipinski definition) is 0. The number of para-hydroxylation sites is 2. The molecule has 2 heteroatoms. The summed E-state index contributed by atoms with van der Waals surface area (Å²) in [6, 6.07) is 70.6. The minimum Gasteiger partial charge on any atom is -0.310 e. The van der Waals surface area contributed by atoms with Crippen molar-refractivity contribution in [3.05, 3.63) is 270 Å². The van der Waals surface area contributed by atoms with Crippen molar-refractivity contribution in [3.8, 4) is 28.3 Å². The Hall–Kier alpha value is -8.25. The van der Waals surface area contributed by atoms with Crippen LogP contribution in [0.2, 0.25) is 0 Å². The first kappa shape index (κ1) is 37.7. The number of fused-ring (bicyclic) bond motifs is 11. The van der Waals surface area contributed by atoms with Crippen molar-refractivity contribution < 1.29 is 0 Å². The maximum absolute atomic E-state index is 9.74. The van der Waals surface area contributed by atoms with E-state index in [0.717, 1.165) is 39.3 Å². The number of anilines is 3. The van der Waals surface area contributed by atoms with E-state index >= 15 is 0 Å². The summed E-state index contributed by atoms with van der Waals surface area (Å²) < 4.78 is 0. The lowest BCUT2D eigenvalue weighted by molar-refractivity contribution is 0.752. The number of nitrogens with zero attached hydrogens (tertiary/aromatic N) is 2. The van der Waals surface area contributed by atoms with Gasteiger partial charge in [-0.2, -0.15) is 5.26 Å². The predicted molar refractivity (Wildman–Crippen MR) is 265 cm³/mol. The molecule has 1 aliphatic heterocycles. The minimum absolute atomic E-state index is 0.635.